The van der Waals surface area contributed by atoms with Crippen molar-refractivity contribution >= 4 is 50.4 Å². The molecule has 1 atom stereocenters. The number of nitrogens with two attached hydrogens (primary N) is 1. The Balaban J connectivity index is 1.95. The van der Waals surface area contributed by atoms with Gasteiger partial charge in [0.1, 0.15) is 5.25 Å². The molecule has 5 N–H and O–H groups in total. The maximum absolute atomic E-state index is 11.9. The van der Waals surface area contributed by atoms with E-state index in [1.165, 1.54) is 24.3 Å². The molecule has 1 aliphatic heterocycles. The first-order valence-corrected chi connectivity index (χ1v) is 9.75. The molecule has 12 heteroatoms. The second kappa shape index (κ2) is 8.29. The molecule has 10 nitrogen and oxygen atoms in total. The average Bonchev–Trinajstić information content (AvgIpc) is 2.86. The monoisotopic (exact) mass is 400 g/mol. The molecular formula is C14H16N4O6S2. The topological polar surface area (TPSA) is 168 Å². The first-order valence-electron chi connectivity index (χ1n) is 7.33. The molecule has 0 saturated carbocycles. The molecule has 0 bridgehead atoms. The summed E-state index contributed by atoms with van der Waals surface area (Å²) in [6.45, 7) is -0.00941. The van der Waals surface area contributed by atoms with Crippen molar-refractivity contribution in [3.05, 3.63) is 24.3 Å². The van der Waals surface area contributed by atoms with Gasteiger partial charge in [-0.05, 0) is 24.3 Å². The number of sulfonamides is 1. The van der Waals surface area contributed by atoms with Crippen LogP contribution in [0.4, 0.5) is 5.69 Å². The largest absolute Gasteiger partial charge is 0.481 e. The molecule has 1 heterocycles. The van der Waals surface area contributed by atoms with Crippen molar-refractivity contribution in [2.45, 2.75) is 23.0 Å². The molecule has 1 aromatic carbocycles. The van der Waals surface area contributed by atoms with Crippen LogP contribution in [-0.2, 0) is 24.4 Å². The number of hydrogen-bond donors (Lipinski definition) is 4. The van der Waals surface area contributed by atoms with Gasteiger partial charge in [-0.3, -0.25) is 14.4 Å². The van der Waals surface area contributed by atoms with E-state index < -0.39 is 27.1 Å². The van der Waals surface area contributed by atoms with Crippen molar-refractivity contribution in [1.29, 1.82) is 0 Å². The van der Waals surface area contributed by atoms with Crippen molar-refractivity contribution in [3.8, 4) is 0 Å². The lowest BCUT2D eigenvalue weighted by atomic mass is 10.2. The van der Waals surface area contributed by atoms with Gasteiger partial charge in [0.2, 0.25) is 21.8 Å². The van der Waals surface area contributed by atoms with Crippen molar-refractivity contribution in [2.24, 2.45) is 10.1 Å². The van der Waals surface area contributed by atoms with E-state index in [1.54, 1.807) is 0 Å². The first kappa shape index (κ1) is 19.9. The maximum atomic E-state index is 11.9. The second-order valence-corrected chi connectivity index (χ2v) is 8.00. The van der Waals surface area contributed by atoms with E-state index in [9.17, 15) is 22.8 Å². The van der Waals surface area contributed by atoms with Gasteiger partial charge in [0, 0.05) is 13.0 Å². The summed E-state index contributed by atoms with van der Waals surface area (Å²) in [7, 11) is -3.80. The minimum Gasteiger partial charge on any atom is -0.481 e. The average molecular weight is 400 g/mol. The van der Waals surface area contributed by atoms with Crippen LogP contribution in [0.1, 0.15) is 12.8 Å². The Morgan fingerprint density at radius 3 is 2.54 bits per heavy atom. The van der Waals surface area contributed by atoms with E-state index in [4.69, 9.17) is 10.2 Å². The highest BCUT2D eigenvalue weighted by molar-refractivity contribution is 8.15. The number of carbonyl (C=O) groups excluding carboxylic acids is 2. The van der Waals surface area contributed by atoms with E-state index in [-0.39, 0.29) is 35.4 Å². The molecule has 0 radical (unpaired) electrons. The number of carbonyl (C=O) groups is 3. The zero-order valence-electron chi connectivity index (χ0n) is 13.3. The lowest BCUT2D eigenvalue weighted by Crippen LogP contribution is -2.32. The van der Waals surface area contributed by atoms with Crippen LogP contribution in [0.5, 0.6) is 0 Å². The maximum Gasteiger partial charge on any atom is 0.305 e. The number of nitrogens with zero attached hydrogens (tertiary/aromatic N) is 1. The molecule has 0 spiro atoms. The van der Waals surface area contributed by atoms with E-state index in [0.717, 1.165) is 11.8 Å². The van der Waals surface area contributed by atoms with Gasteiger partial charge >= 0.3 is 5.97 Å². The van der Waals surface area contributed by atoms with Crippen LogP contribution < -0.4 is 15.8 Å². The number of aliphatic imine (C=N–C) groups is 1. The summed E-state index contributed by atoms with van der Waals surface area (Å²) in [5.74, 6) is -1.85. The summed E-state index contributed by atoms with van der Waals surface area (Å²) in [5, 5.41) is 18.1. The molecule has 1 unspecified atom stereocenters. The van der Waals surface area contributed by atoms with E-state index in [0.29, 0.717) is 5.69 Å². The smallest absolute Gasteiger partial charge is 0.305 e. The first-order chi connectivity index (χ1) is 12.1. The Labute approximate surface area is 153 Å². The molecule has 1 fully saturated rings. The number of nitrogens with one attached hydrogen (secondary N) is 2. The highest BCUT2D eigenvalue weighted by atomic mass is 32.2. The Morgan fingerprint density at radius 1 is 1.31 bits per heavy atom. The number of carboxylic acid groups (broad SMARTS) is 1. The van der Waals surface area contributed by atoms with Gasteiger partial charge in [-0.25, -0.2) is 18.5 Å². The van der Waals surface area contributed by atoms with E-state index in [2.05, 4.69) is 15.6 Å². The van der Waals surface area contributed by atoms with Gasteiger partial charge < -0.3 is 15.7 Å². The number of benzene rings is 1. The summed E-state index contributed by atoms with van der Waals surface area (Å²) in [5.41, 5.74) is 0.409. The minimum absolute atomic E-state index is 0.00941. The zero-order chi connectivity index (χ0) is 19.3. The zero-order valence-corrected chi connectivity index (χ0v) is 15.0. The molecule has 0 aromatic heterocycles. The van der Waals surface area contributed by atoms with Gasteiger partial charge in [-0.1, -0.05) is 11.8 Å². The molecule has 140 valence electrons. The molecule has 1 saturated heterocycles. The van der Waals surface area contributed by atoms with Crippen molar-refractivity contribution < 1.29 is 27.9 Å². The van der Waals surface area contributed by atoms with Gasteiger partial charge in [0.25, 0.3) is 0 Å². The number of hydrogen-bond acceptors (Lipinski definition) is 7. The lowest BCUT2D eigenvalue weighted by molar-refractivity contribution is -0.137. The van der Waals surface area contributed by atoms with Crippen LogP contribution >= 0.6 is 11.8 Å². The molecule has 0 aliphatic carbocycles. The van der Waals surface area contributed by atoms with Gasteiger partial charge in [0.15, 0.2) is 5.17 Å². The van der Waals surface area contributed by atoms with Crippen molar-refractivity contribution in [3.63, 3.8) is 0 Å². The highest BCUT2D eigenvalue weighted by Gasteiger charge is 2.32. The van der Waals surface area contributed by atoms with E-state index >= 15 is 0 Å². The summed E-state index contributed by atoms with van der Waals surface area (Å²) in [6, 6.07) is 5.46. The van der Waals surface area contributed by atoms with Gasteiger partial charge in [0.05, 0.1) is 17.0 Å². The predicted molar refractivity (Wildman–Crippen MR) is 94.3 cm³/mol. The van der Waals surface area contributed by atoms with Crippen LogP contribution in [0.25, 0.3) is 0 Å². The summed E-state index contributed by atoms with van der Waals surface area (Å²) in [4.78, 5) is 38.1. The Hall–Kier alpha value is -2.44. The quantitative estimate of drug-likeness (QED) is 0.480. The molecule has 26 heavy (non-hydrogen) atoms. The summed E-state index contributed by atoms with van der Waals surface area (Å²) < 4.78 is 22.4. The predicted octanol–water partition coefficient (Wildman–Crippen LogP) is -0.466. The number of amides is 2. The third kappa shape index (κ3) is 5.82. The number of rotatable bonds is 7. The van der Waals surface area contributed by atoms with Crippen LogP contribution in [-0.4, -0.2) is 48.3 Å². The number of primary sulfonamides is 1. The van der Waals surface area contributed by atoms with Gasteiger partial charge in [-0.2, -0.15) is 0 Å². The number of carboxylic acids is 1. The molecule has 1 aromatic rings. The van der Waals surface area contributed by atoms with Crippen LogP contribution in [0.2, 0.25) is 0 Å². The fourth-order valence-electron chi connectivity index (χ4n) is 1.97. The standard InChI is InChI=1S/C14H16N4O6S2/c15-26(23,24)9-3-1-8(2-4-9)17-14-18-13(22)10(25-14)7-11(19)16-6-5-12(20)21/h1-4,10H,5-7H2,(H,16,19)(H,20,21)(H2,15,23,24)(H,17,18,22). The Kier molecular flexibility index (Phi) is 6.34. The van der Waals surface area contributed by atoms with Gasteiger partial charge in [-0.15, -0.1) is 0 Å². The van der Waals surface area contributed by atoms with Crippen LogP contribution in [0.3, 0.4) is 0 Å². The third-order valence-corrected chi connectivity index (χ3v) is 5.22. The summed E-state index contributed by atoms with van der Waals surface area (Å²) in [6.07, 6.45) is -0.309. The normalized spacial score (nSPS) is 18.6. The fourth-order valence-corrected chi connectivity index (χ4v) is 3.47. The molecule has 2 amide bonds. The van der Waals surface area contributed by atoms with Crippen molar-refractivity contribution in [2.75, 3.05) is 6.54 Å². The number of amidine groups is 1. The lowest BCUT2D eigenvalue weighted by Gasteiger charge is -2.05. The van der Waals surface area contributed by atoms with Crippen LogP contribution in [0, 0.1) is 0 Å². The minimum atomic E-state index is -3.80. The summed E-state index contributed by atoms with van der Waals surface area (Å²) >= 11 is 1.06. The van der Waals surface area contributed by atoms with E-state index in [1.807, 2.05) is 0 Å². The molecular weight excluding hydrogens is 384 g/mol. The third-order valence-electron chi connectivity index (χ3n) is 3.20. The highest BCUT2D eigenvalue weighted by Crippen LogP contribution is 2.25. The second-order valence-electron chi connectivity index (χ2n) is 5.25. The number of aliphatic carboxylic acids is 1. The Bertz CT molecular complexity index is 851. The molecule has 2 rings (SSSR count). The van der Waals surface area contributed by atoms with Crippen LogP contribution in [0.15, 0.2) is 34.2 Å². The Morgan fingerprint density at radius 2 is 1.96 bits per heavy atom. The molecule has 1 aliphatic rings. The SMILES string of the molecule is NS(=O)(=O)c1ccc(N=C2NC(=O)C(CC(=O)NCCC(=O)O)S2)cc1. The fraction of sp³-hybridized carbons (Fsp3) is 0.286. The van der Waals surface area contributed by atoms with Crippen molar-refractivity contribution in [1.82, 2.24) is 10.6 Å². The number of thioether (sulfide) groups is 1.